The molecule has 13 heavy (non-hydrogen) atoms. The van der Waals surface area contributed by atoms with Gasteiger partial charge in [0, 0.05) is 19.8 Å². The molecule has 3 nitrogen and oxygen atoms in total. The van der Waals surface area contributed by atoms with Gasteiger partial charge in [-0.25, -0.2) is 4.98 Å². The van der Waals surface area contributed by atoms with E-state index in [2.05, 4.69) is 21.9 Å². The molecule has 1 aliphatic carbocycles. The molecular weight excluding hydrogens is 162 g/mol. The predicted molar refractivity (Wildman–Crippen MR) is 52.8 cm³/mol. The molecule has 1 aliphatic rings. The normalized spacial score (nSPS) is 15.8. The number of nitrogens with zero attached hydrogens (tertiary/aromatic N) is 3. The molecule has 0 aliphatic heterocycles. The Labute approximate surface area is 78.8 Å². The summed E-state index contributed by atoms with van der Waals surface area (Å²) in [7, 11) is 2.09. The lowest BCUT2D eigenvalue weighted by Crippen LogP contribution is -2.21. The summed E-state index contributed by atoms with van der Waals surface area (Å²) in [6.07, 6.45) is 6.37. The van der Waals surface area contributed by atoms with Crippen LogP contribution >= 0.6 is 0 Å². The topological polar surface area (TPSA) is 29.0 Å². The van der Waals surface area contributed by atoms with Crippen LogP contribution < -0.4 is 4.90 Å². The molecule has 1 heterocycles. The third-order valence-corrected chi connectivity index (χ3v) is 2.36. The zero-order valence-corrected chi connectivity index (χ0v) is 8.20. The Kier molecular flexibility index (Phi) is 2.17. The van der Waals surface area contributed by atoms with Crippen molar-refractivity contribution in [3.8, 4) is 0 Å². The van der Waals surface area contributed by atoms with E-state index in [1.807, 2.05) is 13.1 Å². The van der Waals surface area contributed by atoms with E-state index in [9.17, 15) is 0 Å². The van der Waals surface area contributed by atoms with Crippen molar-refractivity contribution in [1.29, 1.82) is 0 Å². The maximum Gasteiger partial charge on any atom is 0.147 e. The minimum Gasteiger partial charge on any atom is -0.358 e. The number of aryl methyl sites for hydroxylation is 1. The molecule has 0 bridgehead atoms. The van der Waals surface area contributed by atoms with Crippen LogP contribution in [-0.2, 0) is 0 Å². The highest BCUT2D eigenvalue weighted by atomic mass is 15.2. The van der Waals surface area contributed by atoms with Gasteiger partial charge < -0.3 is 4.90 Å². The van der Waals surface area contributed by atoms with E-state index in [4.69, 9.17) is 0 Å². The van der Waals surface area contributed by atoms with Crippen molar-refractivity contribution in [2.75, 3.05) is 18.5 Å². The van der Waals surface area contributed by atoms with Gasteiger partial charge in [-0.15, -0.1) is 0 Å². The number of hydrogen-bond donors (Lipinski definition) is 0. The highest BCUT2D eigenvalue weighted by Crippen LogP contribution is 2.30. The number of rotatable bonds is 3. The fourth-order valence-electron chi connectivity index (χ4n) is 1.42. The van der Waals surface area contributed by atoms with Crippen LogP contribution in [0.25, 0.3) is 0 Å². The van der Waals surface area contributed by atoms with Crippen molar-refractivity contribution in [1.82, 2.24) is 9.97 Å². The lowest BCUT2D eigenvalue weighted by Gasteiger charge is -2.17. The third kappa shape index (κ3) is 2.17. The van der Waals surface area contributed by atoms with E-state index in [0.717, 1.165) is 24.0 Å². The first-order valence-corrected chi connectivity index (χ1v) is 4.75. The highest BCUT2D eigenvalue weighted by Gasteiger charge is 2.23. The molecule has 1 aromatic heterocycles. The Bertz CT molecular complexity index is 294. The van der Waals surface area contributed by atoms with Crippen molar-refractivity contribution >= 4 is 5.82 Å². The quantitative estimate of drug-likeness (QED) is 0.702. The highest BCUT2D eigenvalue weighted by molar-refractivity contribution is 5.35. The SMILES string of the molecule is Cc1cncc(N(C)CC2CC2)n1. The van der Waals surface area contributed by atoms with Gasteiger partial charge in [0.1, 0.15) is 5.82 Å². The van der Waals surface area contributed by atoms with Crippen molar-refractivity contribution in [3.05, 3.63) is 18.1 Å². The molecule has 1 fully saturated rings. The molecule has 1 saturated carbocycles. The molecule has 0 atom stereocenters. The summed E-state index contributed by atoms with van der Waals surface area (Å²) < 4.78 is 0. The standard InChI is InChI=1S/C10H15N3/c1-8-5-11-6-10(12-8)13(2)7-9-3-4-9/h5-6,9H,3-4,7H2,1-2H3. The van der Waals surface area contributed by atoms with E-state index in [1.165, 1.54) is 12.8 Å². The number of anilines is 1. The monoisotopic (exact) mass is 177 g/mol. The average molecular weight is 177 g/mol. The summed E-state index contributed by atoms with van der Waals surface area (Å²) in [6.45, 7) is 3.10. The lowest BCUT2D eigenvalue weighted by atomic mass is 10.4. The van der Waals surface area contributed by atoms with Crippen LogP contribution in [0.4, 0.5) is 5.82 Å². The van der Waals surface area contributed by atoms with E-state index < -0.39 is 0 Å². The summed E-state index contributed by atoms with van der Waals surface area (Å²) in [5.41, 5.74) is 0.986. The second kappa shape index (κ2) is 3.32. The average Bonchev–Trinajstić information content (AvgIpc) is 2.88. The van der Waals surface area contributed by atoms with Crippen LogP contribution in [0.2, 0.25) is 0 Å². The van der Waals surface area contributed by atoms with Crippen LogP contribution in [0, 0.1) is 12.8 Å². The Morgan fingerprint density at radius 2 is 2.23 bits per heavy atom. The van der Waals surface area contributed by atoms with Gasteiger partial charge in [-0.3, -0.25) is 4.98 Å². The Balaban J connectivity index is 2.04. The molecule has 0 saturated heterocycles. The molecular formula is C10H15N3. The third-order valence-electron chi connectivity index (χ3n) is 2.36. The minimum absolute atomic E-state index is 0.896. The fraction of sp³-hybridized carbons (Fsp3) is 0.600. The van der Waals surface area contributed by atoms with E-state index in [-0.39, 0.29) is 0 Å². The van der Waals surface area contributed by atoms with Gasteiger partial charge in [-0.05, 0) is 25.7 Å². The van der Waals surface area contributed by atoms with E-state index in [0.29, 0.717) is 0 Å². The summed E-state index contributed by atoms with van der Waals surface area (Å²) in [4.78, 5) is 10.7. The molecule has 1 aromatic rings. The van der Waals surface area contributed by atoms with Crippen LogP contribution in [0.1, 0.15) is 18.5 Å². The van der Waals surface area contributed by atoms with Crippen LogP contribution in [0.15, 0.2) is 12.4 Å². The summed E-state index contributed by atoms with van der Waals surface area (Å²) >= 11 is 0. The molecule has 3 heteroatoms. The minimum atomic E-state index is 0.896. The number of aromatic nitrogens is 2. The molecule has 0 N–H and O–H groups in total. The first-order valence-electron chi connectivity index (χ1n) is 4.75. The smallest absolute Gasteiger partial charge is 0.147 e. The summed E-state index contributed by atoms with van der Waals surface area (Å²) in [5.74, 6) is 1.89. The first kappa shape index (κ1) is 8.48. The van der Waals surface area contributed by atoms with Gasteiger partial charge in [0.25, 0.3) is 0 Å². The van der Waals surface area contributed by atoms with Crippen molar-refractivity contribution in [2.24, 2.45) is 5.92 Å². The Morgan fingerprint density at radius 1 is 1.46 bits per heavy atom. The zero-order valence-electron chi connectivity index (χ0n) is 8.20. The second-order valence-electron chi connectivity index (χ2n) is 3.84. The zero-order chi connectivity index (χ0) is 9.26. The van der Waals surface area contributed by atoms with Gasteiger partial charge in [0.2, 0.25) is 0 Å². The first-order chi connectivity index (χ1) is 6.25. The van der Waals surface area contributed by atoms with Crippen LogP contribution in [-0.4, -0.2) is 23.6 Å². The number of hydrogen-bond acceptors (Lipinski definition) is 3. The van der Waals surface area contributed by atoms with Crippen molar-refractivity contribution in [2.45, 2.75) is 19.8 Å². The summed E-state index contributed by atoms with van der Waals surface area (Å²) in [5, 5.41) is 0. The molecule has 0 amide bonds. The Hall–Kier alpha value is -1.12. The predicted octanol–water partition coefficient (Wildman–Crippen LogP) is 1.63. The van der Waals surface area contributed by atoms with Gasteiger partial charge in [-0.1, -0.05) is 0 Å². The van der Waals surface area contributed by atoms with Crippen LogP contribution in [0.5, 0.6) is 0 Å². The van der Waals surface area contributed by atoms with Gasteiger partial charge in [-0.2, -0.15) is 0 Å². The van der Waals surface area contributed by atoms with Gasteiger partial charge >= 0.3 is 0 Å². The molecule has 70 valence electrons. The van der Waals surface area contributed by atoms with E-state index in [1.54, 1.807) is 6.20 Å². The van der Waals surface area contributed by atoms with Gasteiger partial charge in [0.05, 0.1) is 11.9 Å². The van der Waals surface area contributed by atoms with Crippen LogP contribution in [0.3, 0.4) is 0 Å². The maximum absolute atomic E-state index is 4.42. The largest absolute Gasteiger partial charge is 0.358 e. The van der Waals surface area contributed by atoms with E-state index >= 15 is 0 Å². The second-order valence-corrected chi connectivity index (χ2v) is 3.84. The molecule has 0 aromatic carbocycles. The molecule has 0 radical (unpaired) electrons. The van der Waals surface area contributed by atoms with Crippen molar-refractivity contribution < 1.29 is 0 Å². The van der Waals surface area contributed by atoms with Gasteiger partial charge in [0.15, 0.2) is 0 Å². The molecule has 2 rings (SSSR count). The molecule has 0 spiro atoms. The summed E-state index contributed by atoms with van der Waals surface area (Å²) in [6, 6.07) is 0. The fourth-order valence-corrected chi connectivity index (χ4v) is 1.42. The Morgan fingerprint density at radius 3 is 2.85 bits per heavy atom. The molecule has 0 unspecified atom stereocenters. The maximum atomic E-state index is 4.42. The lowest BCUT2D eigenvalue weighted by molar-refractivity contribution is 0.773. The van der Waals surface area contributed by atoms with Crippen molar-refractivity contribution in [3.63, 3.8) is 0 Å².